The molecule has 0 saturated heterocycles. The molecule has 0 aliphatic heterocycles. The van der Waals surface area contributed by atoms with Crippen LogP contribution in [0.15, 0.2) is 34.9 Å². The summed E-state index contributed by atoms with van der Waals surface area (Å²) in [6.45, 7) is 14.3. The number of aryl methyl sites for hydroxylation is 1. The van der Waals surface area contributed by atoms with Crippen LogP contribution in [0.3, 0.4) is 0 Å². The minimum Gasteiger partial charge on any atom is -0.493 e. The number of hydrogen-bond acceptors (Lipinski definition) is 3. The third kappa shape index (κ3) is 6.09. The maximum atomic E-state index is 12.9. The first-order chi connectivity index (χ1) is 12.8. The van der Waals surface area contributed by atoms with Crippen LogP contribution in [-0.2, 0) is 4.79 Å². The number of ether oxygens (including phenoxy) is 1. The maximum absolute atomic E-state index is 12.9. The van der Waals surface area contributed by atoms with Crippen LogP contribution in [0.4, 0.5) is 0 Å². The summed E-state index contributed by atoms with van der Waals surface area (Å²) < 4.78 is 5.80. The van der Waals surface area contributed by atoms with E-state index in [4.69, 9.17) is 10.1 Å². The van der Waals surface area contributed by atoms with Gasteiger partial charge in [-0.05, 0) is 70.7 Å². The smallest absolute Gasteiger partial charge is 0.251 e. The Balaban J connectivity index is 3.33. The molecule has 0 aromatic heterocycles. The van der Waals surface area contributed by atoms with Crippen molar-refractivity contribution in [3.8, 4) is 5.75 Å². The molecule has 0 unspecified atom stereocenters. The highest BCUT2D eigenvalue weighted by Gasteiger charge is 2.17. The normalized spacial score (nSPS) is 12.9. The molecule has 0 bridgehead atoms. The van der Waals surface area contributed by atoms with Crippen LogP contribution in [0.1, 0.15) is 71.9 Å². The highest BCUT2D eigenvalue weighted by Crippen LogP contribution is 2.29. The summed E-state index contributed by atoms with van der Waals surface area (Å²) in [4.78, 5) is 12.9. The van der Waals surface area contributed by atoms with E-state index in [1.807, 2.05) is 52.8 Å². The Morgan fingerprint density at radius 3 is 2.33 bits per heavy atom. The number of amides is 1. The molecule has 0 saturated carbocycles. The van der Waals surface area contributed by atoms with Crippen molar-refractivity contribution in [1.29, 1.82) is 5.41 Å². The molecule has 0 aliphatic rings. The molecule has 27 heavy (non-hydrogen) atoms. The maximum Gasteiger partial charge on any atom is 0.251 e. The van der Waals surface area contributed by atoms with Gasteiger partial charge in [0, 0.05) is 16.8 Å². The summed E-state index contributed by atoms with van der Waals surface area (Å²) in [5.41, 5.74) is 5.75. The standard InChI is InChI=1S/C23H34N2O2/c1-8-11-20(24)17(6)18(7)23(26)25-22(16(5)9-2)19-14-15(4)12-13-21(19)27-10-3/h12-14,24H,8-11H2,1-7H3,(H,25,26)/b18-17+,22-16?,24-20?. The average molecular weight is 371 g/mol. The summed E-state index contributed by atoms with van der Waals surface area (Å²) >= 11 is 0. The topological polar surface area (TPSA) is 62.2 Å². The van der Waals surface area contributed by atoms with Gasteiger partial charge in [-0.15, -0.1) is 0 Å². The van der Waals surface area contributed by atoms with Crippen molar-refractivity contribution in [2.75, 3.05) is 6.61 Å². The van der Waals surface area contributed by atoms with Crippen LogP contribution in [0.25, 0.3) is 5.70 Å². The molecule has 0 atom stereocenters. The van der Waals surface area contributed by atoms with E-state index < -0.39 is 0 Å². The predicted molar refractivity (Wildman–Crippen MR) is 114 cm³/mol. The van der Waals surface area contributed by atoms with Gasteiger partial charge in [-0.1, -0.05) is 31.9 Å². The molecule has 0 fully saturated rings. The van der Waals surface area contributed by atoms with E-state index in [2.05, 4.69) is 12.2 Å². The van der Waals surface area contributed by atoms with Crippen LogP contribution in [0.2, 0.25) is 0 Å². The zero-order valence-electron chi connectivity index (χ0n) is 17.9. The Morgan fingerprint density at radius 2 is 1.78 bits per heavy atom. The van der Waals surface area contributed by atoms with Crippen LogP contribution >= 0.6 is 0 Å². The van der Waals surface area contributed by atoms with E-state index in [1.165, 1.54) is 0 Å². The fraction of sp³-hybridized carbons (Fsp3) is 0.478. The van der Waals surface area contributed by atoms with Crippen molar-refractivity contribution in [3.05, 3.63) is 46.0 Å². The first kappa shape index (κ1) is 22.7. The fourth-order valence-electron chi connectivity index (χ4n) is 2.74. The molecule has 4 nitrogen and oxygen atoms in total. The van der Waals surface area contributed by atoms with Crippen molar-refractivity contribution in [3.63, 3.8) is 0 Å². The second kappa shape index (κ2) is 10.7. The lowest BCUT2D eigenvalue weighted by molar-refractivity contribution is -0.116. The van der Waals surface area contributed by atoms with Gasteiger partial charge in [0.05, 0.1) is 12.3 Å². The number of hydrogen-bond donors (Lipinski definition) is 2. The molecule has 4 heteroatoms. The summed E-state index contributed by atoms with van der Waals surface area (Å²) in [6, 6.07) is 6.01. The Labute approximate surface area is 164 Å². The Bertz CT molecular complexity index is 758. The van der Waals surface area contributed by atoms with Crippen LogP contribution in [0.5, 0.6) is 5.75 Å². The van der Waals surface area contributed by atoms with Gasteiger partial charge in [-0.2, -0.15) is 0 Å². The first-order valence-corrected chi connectivity index (χ1v) is 9.76. The molecule has 0 heterocycles. The van der Waals surface area contributed by atoms with Gasteiger partial charge in [0.2, 0.25) is 0 Å². The summed E-state index contributed by atoms with van der Waals surface area (Å²) in [5, 5.41) is 11.2. The van der Waals surface area contributed by atoms with Crippen LogP contribution < -0.4 is 10.1 Å². The fourth-order valence-corrected chi connectivity index (χ4v) is 2.74. The molecule has 1 aromatic carbocycles. The van der Waals surface area contributed by atoms with Gasteiger partial charge >= 0.3 is 0 Å². The zero-order valence-corrected chi connectivity index (χ0v) is 17.9. The SMILES string of the molecule is CCCC(=N)/C(C)=C(\C)C(=O)NC(=C(C)CC)c1cc(C)ccc1OCC. The van der Waals surface area contributed by atoms with Crippen molar-refractivity contribution < 1.29 is 9.53 Å². The van der Waals surface area contributed by atoms with E-state index >= 15 is 0 Å². The zero-order chi connectivity index (χ0) is 20.6. The van der Waals surface area contributed by atoms with Gasteiger partial charge in [0.25, 0.3) is 5.91 Å². The molecule has 0 aliphatic carbocycles. The molecule has 0 radical (unpaired) electrons. The Hall–Kier alpha value is -2.36. The van der Waals surface area contributed by atoms with E-state index in [9.17, 15) is 4.79 Å². The lowest BCUT2D eigenvalue weighted by Gasteiger charge is -2.19. The van der Waals surface area contributed by atoms with Crippen LogP contribution in [0, 0.1) is 12.3 Å². The van der Waals surface area contributed by atoms with E-state index in [-0.39, 0.29) is 5.91 Å². The molecule has 1 rings (SSSR count). The molecule has 0 spiro atoms. The van der Waals surface area contributed by atoms with Crippen molar-refractivity contribution >= 4 is 17.3 Å². The van der Waals surface area contributed by atoms with Crippen molar-refractivity contribution in [2.45, 2.75) is 67.7 Å². The molecular formula is C23H34N2O2. The second-order valence-electron chi connectivity index (χ2n) is 6.87. The molecule has 148 valence electrons. The minimum atomic E-state index is -0.167. The Morgan fingerprint density at radius 1 is 1.11 bits per heavy atom. The van der Waals surface area contributed by atoms with Gasteiger partial charge in [-0.3, -0.25) is 4.79 Å². The van der Waals surface area contributed by atoms with E-state index in [0.29, 0.717) is 24.3 Å². The van der Waals surface area contributed by atoms with Crippen molar-refractivity contribution in [2.24, 2.45) is 0 Å². The average Bonchev–Trinajstić information content (AvgIpc) is 2.65. The third-order valence-electron chi connectivity index (χ3n) is 4.76. The van der Waals surface area contributed by atoms with Crippen molar-refractivity contribution in [1.82, 2.24) is 5.32 Å². The number of carbonyl (C=O) groups is 1. The predicted octanol–water partition coefficient (Wildman–Crippen LogP) is 5.81. The third-order valence-corrected chi connectivity index (χ3v) is 4.76. The molecule has 1 amide bonds. The highest BCUT2D eigenvalue weighted by molar-refractivity contribution is 6.08. The first-order valence-electron chi connectivity index (χ1n) is 9.76. The molecular weight excluding hydrogens is 336 g/mol. The van der Waals surface area contributed by atoms with Gasteiger partial charge in [-0.25, -0.2) is 0 Å². The molecule has 1 aromatic rings. The van der Waals surface area contributed by atoms with E-state index in [1.54, 1.807) is 6.92 Å². The summed E-state index contributed by atoms with van der Waals surface area (Å²) in [6.07, 6.45) is 2.40. The second-order valence-corrected chi connectivity index (χ2v) is 6.87. The summed E-state index contributed by atoms with van der Waals surface area (Å²) in [5.74, 6) is 0.600. The number of carbonyl (C=O) groups excluding carboxylic acids is 1. The number of rotatable bonds is 9. The number of benzene rings is 1. The number of nitrogens with one attached hydrogen (secondary N) is 2. The minimum absolute atomic E-state index is 0.167. The number of allylic oxidation sites excluding steroid dienone is 2. The van der Waals surface area contributed by atoms with Gasteiger partial charge in [0.15, 0.2) is 0 Å². The van der Waals surface area contributed by atoms with Gasteiger partial charge in [0.1, 0.15) is 5.75 Å². The summed E-state index contributed by atoms with van der Waals surface area (Å²) in [7, 11) is 0. The Kier molecular flexibility index (Phi) is 8.99. The van der Waals surface area contributed by atoms with E-state index in [0.717, 1.165) is 46.6 Å². The lowest BCUT2D eigenvalue weighted by Crippen LogP contribution is -2.25. The quantitative estimate of drug-likeness (QED) is 0.426. The van der Waals surface area contributed by atoms with Gasteiger partial charge < -0.3 is 15.5 Å². The monoisotopic (exact) mass is 370 g/mol. The lowest BCUT2D eigenvalue weighted by atomic mass is 10.00. The highest BCUT2D eigenvalue weighted by atomic mass is 16.5. The molecule has 2 N–H and O–H groups in total. The van der Waals surface area contributed by atoms with Crippen LogP contribution in [-0.4, -0.2) is 18.2 Å². The largest absolute Gasteiger partial charge is 0.493 e.